The molecule has 1 aliphatic carbocycles. The predicted molar refractivity (Wildman–Crippen MR) is 106 cm³/mol. The highest BCUT2D eigenvalue weighted by Gasteiger charge is 2.37. The lowest BCUT2D eigenvalue weighted by atomic mass is 10.1. The third-order valence-corrected chi connectivity index (χ3v) is 5.06. The average Bonchev–Trinajstić information content (AvgIpc) is 3.46. The van der Waals surface area contributed by atoms with Crippen molar-refractivity contribution < 1.29 is 9.18 Å². The number of unbranched alkanes of at least 4 members (excludes halogenated alkanes) is 1. The number of nitrogens with two attached hydrogens (primary N) is 1. The molecule has 0 bridgehead atoms. The van der Waals surface area contributed by atoms with Crippen molar-refractivity contribution in [1.29, 1.82) is 0 Å². The Morgan fingerprint density at radius 3 is 2.74 bits per heavy atom. The van der Waals surface area contributed by atoms with E-state index in [0.717, 1.165) is 24.9 Å². The molecule has 0 aliphatic heterocycles. The van der Waals surface area contributed by atoms with Crippen LogP contribution in [0.1, 0.15) is 42.7 Å². The molecule has 2 aromatic rings. The third kappa shape index (κ3) is 6.15. The van der Waals surface area contributed by atoms with Gasteiger partial charge in [0.25, 0.3) is 0 Å². The fraction of sp³-hybridized carbons (Fsp3) is 0.409. The van der Waals surface area contributed by atoms with Crippen molar-refractivity contribution in [3.63, 3.8) is 0 Å². The van der Waals surface area contributed by atoms with Crippen LogP contribution >= 0.6 is 0 Å². The summed E-state index contributed by atoms with van der Waals surface area (Å²) in [7, 11) is 0. The van der Waals surface area contributed by atoms with E-state index in [-0.39, 0.29) is 11.7 Å². The van der Waals surface area contributed by atoms with Crippen LogP contribution in [0, 0.1) is 5.82 Å². The average molecular weight is 369 g/mol. The van der Waals surface area contributed by atoms with E-state index in [2.05, 4.69) is 34.9 Å². The van der Waals surface area contributed by atoms with Crippen molar-refractivity contribution in [1.82, 2.24) is 10.6 Å². The Labute approximate surface area is 160 Å². The van der Waals surface area contributed by atoms with Crippen LogP contribution in [0.15, 0.2) is 54.6 Å². The van der Waals surface area contributed by atoms with Crippen molar-refractivity contribution in [2.75, 3.05) is 6.54 Å². The Morgan fingerprint density at radius 2 is 1.96 bits per heavy atom. The summed E-state index contributed by atoms with van der Waals surface area (Å²) in [5, 5.41) is 6.36. The summed E-state index contributed by atoms with van der Waals surface area (Å²) in [6, 6.07) is 16.9. The minimum Gasteiger partial charge on any atom is -0.351 e. The molecule has 144 valence electrons. The second kappa shape index (κ2) is 9.62. The number of amides is 1. The Bertz CT molecular complexity index is 737. The minimum absolute atomic E-state index is 0.182. The molecule has 0 heterocycles. The maximum absolute atomic E-state index is 13.1. The molecule has 27 heavy (non-hydrogen) atoms. The van der Waals surface area contributed by atoms with Crippen LogP contribution in [0.2, 0.25) is 0 Å². The van der Waals surface area contributed by atoms with E-state index >= 15 is 0 Å². The van der Waals surface area contributed by atoms with E-state index < -0.39 is 6.04 Å². The highest BCUT2D eigenvalue weighted by Crippen LogP contribution is 2.40. The van der Waals surface area contributed by atoms with Crippen LogP contribution in [0.5, 0.6) is 0 Å². The van der Waals surface area contributed by atoms with Gasteiger partial charge in [0.05, 0.1) is 6.04 Å². The SMILES string of the molecule is NC(CCCCNC1CC1c1ccccc1)C(=O)NCc1cccc(F)c1. The lowest BCUT2D eigenvalue weighted by molar-refractivity contribution is -0.122. The molecular formula is C22H28FN3O. The summed E-state index contributed by atoms with van der Waals surface area (Å²) in [6.45, 7) is 1.25. The summed E-state index contributed by atoms with van der Waals surface area (Å²) in [5.41, 5.74) is 8.10. The van der Waals surface area contributed by atoms with Crippen molar-refractivity contribution in [3.8, 4) is 0 Å². The molecule has 2 aromatic carbocycles. The van der Waals surface area contributed by atoms with E-state index in [1.165, 1.54) is 24.1 Å². The van der Waals surface area contributed by atoms with Crippen LogP contribution in [-0.4, -0.2) is 24.5 Å². The molecule has 3 atom stereocenters. The zero-order chi connectivity index (χ0) is 19.1. The van der Waals surface area contributed by atoms with Gasteiger partial charge < -0.3 is 16.4 Å². The molecule has 3 rings (SSSR count). The largest absolute Gasteiger partial charge is 0.351 e. The van der Waals surface area contributed by atoms with E-state index in [4.69, 9.17) is 5.73 Å². The number of rotatable bonds is 10. The molecule has 4 nitrogen and oxygen atoms in total. The lowest BCUT2D eigenvalue weighted by Crippen LogP contribution is -2.40. The van der Waals surface area contributed by atoms with Gasteiger partial charge in [0.15, 0.2) is 0 Å². The third-order valence-electron chi connectivity index (χ3n) is 5.06. The Kier molecular flexibility index (Phi) is 6.96. The minimum atomic E-state index is -0.517. The summed E-state index contributed by atoms with van der Waals surface area (Å²) in [4.78, 5) is 12.0. The summed E-state index contributed by atoms with van der Waals surface area (Å²) >= 11 is 0. The van der Waals surface area contributed by atoms with Crippen LogP contribution in [0.4, 0.5) is 4.39 Å². The molecule has 0 aromatic heterocycles. The first kappa shape index (κ1) is 19.5. The number of carbonyl (C=O) groups is 1. The lowest BCUT2D eigenvalue weighted by Gasteiger charge is -2.12. The van der Waals surface area contributed by atoms with Gasteiger partial charge in [-0.25, -0.2) is 4.39 Å². The van der Waals surface area contributed by atoms with Gasteiger partial charge in [0.1, 0.15) is 5.82 Å². The topological polar surface area (TPSA) is 67.1 Å². The van der Waals surface area contributed by atoms with E-state index in [9.17, 15) is 9.18 Å². The van der Waals surface area contributed by atoms with Gasteiger partial charge >= 0.3 is 0 Å². The van der Waals surface area contributed by atoms with E-state index in [0.29, 0.717) is 24.9 Å². The molecule has 0 saturated heterocycles. The van der Waals surface area contributed by atoms with Gasteiger partial charge in [0.2, 0.25) is 5.91 Å². The number of benzene rings is 2. The van der Waals surface area contributed by atoms with Crippen molar-refractivity contribution in [2.45, 2.75) is 50.2 Å². The normalized spacial score (nSPS) is 19.5. The van der Waals surface area contributed by atoms with Crippen LogP contribution in [0.25, 0.3) is 0 Å². The number of hydrogen-bond acceptors (Lipinski definition) is 3. The van der Waals surface area contributed by atoms with E-state index in [1.807, 2.05) is 6.07 Å². The van der Waals surface area contributed by atoms with Gasteiger partial charge in [0, 0.05) is 18.5 Å². The number of halogens is 1. The van der Waals surface area contributed by atoms with Crippen molar-refractivity contribution in [2.24, 2.45) is 5.73 Å². The predicted octanol–water partition coefficient (Wildman–Crippen LogP) is 3.09. The zero-order valence-corrected chi connectivity index (χ0v) is 15.5. The molecule has 3 unspecified atom stereocenters. The number of hydrogen-bond donors (Lipinski definition) is 3. The van der Waals surface area contributed by atoms with Gasteiger partial charge in [-0.15, -0.1) is 0 Å². The fourth-order valence-corrected chi connectivity index (χ4v) is 3.36. The summed E-state index contributed by atoms with van der Waals surface area (Å²) in [6.07, 6.45) is 3.77. The molecule has 0 spiro atoms. The Morgan fingerprint density at radius 1 is 1.15 bits per heavy atom. The molecule has 0 radical (unpaired) electrons. The standard InChI is InChI=1S/C22H28FN3O/c23-18-10-6-7-16(13-18)15-26-22(27)20(24)11-4-5-12-25-21-14-19(21)17-8-2-1-3-9-17/h1-3,6-10,13,19-21,25H,4-5,11-12,14-15,24H2,(H,26,27). The molecular weight excluding hydrogens is 341 g/mol. The highest BCUT2D eigenvalue weighted by atomic mass is 19.1. The maximum Gasteiger partial charge on any atom is 0.237 e. The molecule has 1 fully saturated rings. The number of carbonyl (C=O) groups excluding carboxylic acids is 1. The van der Waals surface area contributed by atoms with Crippen molar-refractivity contribution in [3.05, 3.63) is 71.5 Å². The second-order valence-electron chi connectivity index (χ2n) is 7.26. The fourth-order valence-electron chi connectivity index (χ4n) is 3.36. The van der Waals surface area contributed by atoms with E-state index in [1.54, 1.807) is 12.1 Å². The quantitative estimate of drug-likeness (QED) is 0.564. The molecule has 1 aliphatic rings. The second-order valence-corrected chi connectivity index (χ2v) is 7.26. The highest BCUT2D eigenvalue weighted by molar-refractivity contribution is 5.81. The van der Waals surface area contributed by atoms with Crippen LogP contribution in [0.3, 0.4) is 0 Å². The molecule has 4 N–H and O–H groups in total. The zero-order valence-electron chi connectivity index (χ0n) is 15.5. The van der Waals surface area contributed by atoms with Crippen LogP contribution < -0.4 is 16.4 Å². The first-order chi connectivity index (χ1) is 13.1. The summed E-state index contributed by atoms with van der Waals surface area (Å²) < 4.78 is 13.1. The monoisotopic (exact) mass is 369 g/mol. The van der Waals surface area contributed by atoms with Gasteiger partial charge in [-0.2, -0.15) is 0 Å². The molecule has 5 heteroatoms. The first-order valence-corrected chi connectivity index (χ1v) is 9.69. The maximum atomic E-state index is 13.1. The molecule has 1 amide bonds. The Balaban J connectivity index is 1.25. The number of nitrogens with one attached hydrogen (secondary N) is 2. The van der Waals surface area contributed by atoms with Crippen molar-refractivity contribution >= 4 is 5.91 Å². The first-order valence-electron chi connectivity index (χ1n) is 9.69. The molecule has 1 saturated carbocycles. The smallest absolute Gasteiger partial charge is 0.237 e. The van der Waals surface area contributed by atoms with Gasteiger partial charge in [-0.1, -0.05) is 48.9 Å². The Hall–Kier alpha value is -2.24. The van der Waals surface area contributed by atoms with Crippen LogP contribution in [-0.2, 0) is 11.3 Å². The van der Waals surface area contributed by atoms with Gasteiger partial charge in [-0.3, -0.25) is 4.79 Å². The summed E-state index contributed by atoms with van der Waals surface area (Å²) in [5.74, 6) is 0.157. The van der Waals surface area contributed by atoms with Gasteiger partial charge in [-0.05, 0) is 49.1 Å².